The largest absolute Gasteiger partial charge is 0.308 e. The first-order valence-corrected chi connectivity index (χ1v) is 11.9. The van der Waals surface area contributed by atoms with Crippen molar-refractivity contribution in [1.29, 1.82) is 5.26 Å². The van der Waals surface area contributed by atoms with Crippen molar-refractivity contribution < 1.29 is 0 Å². The molecule has 3 aromatic heterocycles. The van der Waals surface area contributed by atoms with Gasteiger partial charge in [0.2, 0.25) is 0 Å². The minimum atomic E-state index is 0.573. The van der Waals surface area contributed by atoms with Gasteiger partial charge in [0.25, 0.3) is 0 Å². The predicted molar refractivity (Wildman–Crippen MR) is 142 cm³/mol. The van der Waals surface area contributed by atoms with Gasteiger partial charge < -0.3 is 4.57 Å². The van der Waals surface area contributed by atoms with E-state index in [1.54, 1.807) is 0 Å². The summed E-state index contributed by atoms with van der Waals surface area (Å²) in [6.45, 7) is 7.45. The molecule has 0 saturated carbocycles. The van der Waals surface area contributed by atoms with E-state index in [1.807, 2.05) is 70.2 Å². The fraction of sp³-hybridized carbons (Fsp3) is 0.138. The molecule has 0 aliphatic rings. The third kappa shape index (κ3) is 3.87. The van der Waals surface area contributed by atoms with Gasteiger partial charge in [-0.2, -0.15) is 5.26 Å². The van der Waals surface area contributed by atoms with E-state index < -0.39 is 0 Å². The Morgan fingerprint density at radius 2 is 1.24 bits per heavy atom. The summed E-state index contributed by atoms with van der Waals surface area (Å²) in [4.78, 5) is 27.3. The normalized spacial score (nSPS) is 11.2. The molecule has 0 saturated heterocycles. The van der Waals surface area contributed by atoms with E-state index >= 15 is 0 Å². The zero-order valence-corrected chi connectivity index (χ0v) is 20.9. The Morgan fingerprint density at radius 1 is 0.622 bits per heavy atom. The topological polar surface area (TPSA) is 106 Å². The van der Waals surface area contributed by atoms with Crippen LogP contribution >= 0.6 is 0 Å². The molecule has 0 spiro atoms. The molecular formula is C29H22N8. The van der Waals surface area contributed by atoms with Crippen LogP contribution in [0.15, 0.2) is 60.7 Å². The highest BCUT2D eigenvalue weighted by Gasteiger charge is 2.19. The zero-order chi connectivity index (χ0) is 25.7. The van der Waals surface area contributed by atoms with Crippen molar-refractivity contribution in [2.45, 2.75) is 27.7 Å². The molecule has 6 aromatic rings. The molecule has 0 amide bonds. The number of rotatable bonds is 3. The van der Waals surface area contributed by atoms with Gasteiger partial charge >= 0.3 is 0 Å². The van der Waals surface area contributed by atoms with Crippen molar-refractivity contribution in [3.63, 3.8) is 0 Å². The van der Waals surface area contributed by atoms with E-state index in [0.717, 1.165) is 38.6 Å². The maximum atomic E-state index is 9.52. The van der Waals surface area contributed by atoms with Crippen LogP contribution in [0.2, 0.25) is 0 Å². The molecule has 8 heteroatoms. The van der Waals surface area contributed by atoms with E-state index in [0.29, 0.717) is 40.5 Å². The second kappa shape index (κ2) is 8.57. The van der Waals surface area contributed by atoms with Crippen LogP contribution in [-0.4, -0.2) is 34.5 Å². The summed E-state index contributed by atoms with van der Waals surface area (Å²) in [5.74, 6) is 3.79. The van der Waals surface area contributed by atoms with E-state index in [2.05, 4.69) is 48.8 Å². The summed E-state index contributed by atoms with van der Waals surface area (Å²) >= 11 is 0. The summed E-state index contributed by atoms with van der Waals surface area (Å²) in [6, 6.07) is 22.3. The first kappa shape index (κ1) is 22.4. The molecule has 0 aliphatic carbocycles. The number of hydrogen-bond donors (Lipinski definition) is 0. The van der Waals surface area contributed by atoms with Gasteiger partial charge in [-0.3, -0.25) is 0 Å². The molecule has 0 fully saturated rings. The smallest absolute Gasteiger partial charge is 0.165 e. The Bertz CT molecular complexity index is 1850. The van der Waals surface area contributed by atoms with Crippen LogP contribution in [0, 0.1) is 39.0 Å². The lowest BCUT2D eigenvalue weighted by atomic mass is 10.1. The summed E-state index contributed by atoms with van der Waals surface area (Å²) in [6.07, 6.45) is 0. The van der Waals surface area contributed by atoms with Crippen LogP contribution < -0.4 is 0 Å². The number of aromatic nitrogens is 7. The third-order valence-corrected chi connectivity index (χ3v) is 6.26. The average molecular weight is 483 g/mol. The van der Waals surface area contributed by atoms with E-state index in [1.165, 1.54) is 0 Å². The van der Waals surface area contributed by atoms with Gasteiger partial charge in [0.05, 0.1) is 28.4 Å². The van der Waals surface area contributed by atoms with Crippen molar-refractivity contribution in [3.8, 4) is 34.5 Å². The minimum Gasteiger partial charge on any atom is -0.308 e. The lowest BCUT2D eigenvalue weighted by molar-refractivity contribution is 0.924. The summed E-state index contributed by atoms with van der Waals surface area (Å²) < 4.78 is 2.20. The molecule has 6 rings (SSSR count). The molecule has 37 heavy (non-hydrogen) atoms. The summed E-state index contributed by atoms with van der Waals surface area (Å²) in [7, 11) is 0. The average Bonchev–Trinajstić information content (AvgIpc) is 3.20. The highest BCUT2D eigenvalue weighted by Crippen LogP contribution is 2.37. The molecule has 3 heterocycles. The Morgan fingerprint density at radius 3 is 1.92 bits per heavy atom. The molecule has 0 atom stereocenters. The predicted octanol–water partition coefficient (Wildman–Crippen LogP) is 5.59. The van der Waals surface area contributed by atoms with Crippen LogP contribution in [0.3, 0.4) is 0 Å². The quantitative estimate of drug-likeness (QED) is 0.323. The first-order chi connectivity index (χ1) is 17.9. The Balaban J connectivity index is 1.70. The first-order valence-electron chi connectivity index (χ1n) is 11.9. The van der Waals surface area contributed by atoms with Crippen molar-refractivity contribution in [1.82, 2.24) is 34.5 Å². The fourth-order valence-corrected chi connectivity index (χ4v) is 4.83. The second-order valence-electron chi connectivity index (χ2n) is 8.94. The molecule has 0 bridgehead atoms. The number of fused-ring (bicyclic) bond motifs is 3. The highest BCUT2D eigenvalue weighted by molar-refractivity contribution is 6.10. The molecule has 0 radical (unpaired) electrons. The van der Waals surface area contributed by atoms with Crippen LogP contribution in [-0.2, 0) is 0 Å². The van der Waals surface area contributed by atoms with Crippen molar-refractivity contribution >= 4 is 21.8 Å². The zero-order valence-electron chi connectivity index (χ0n) is 20.9. The minimum absolute atomic E-state index is 0.573. The Kier molecular flexibility index (Phi) is 5.20. The maximum Gasteiger partial charge on any atom is 0.165 e. The third-order valence-electron chi connectivity index (χ3n) is 6.26. The van der Waals surface area contributed by atoms with Crippen LogP contribution in [0.25, 0.3) is 50.3 Å². The summed E-state index contributed by atoms with van der Waals surface area (Å²) in [5.41, 5.74) is 5.21. The van der Waals surface area contributed by atoms with Gasteiger partial charge in [0, 0.05) is 21.9 Å². The second-order valence-corrected chi connectivity index (χ2v) is 8.94. The number of aryl methyl sites for hydroxylation is 4. The molecule has 8 nitrogen and oxygen atoms in total. The van der Waals surface area contributed by atoms with Crippen LogP contribution in [0.4, 0.5) is 0 Å². The lowest BCUT2D eigenvalue weighted by Crippen LogP contribution is -2.04. The molecule has 0 unspecified atom stereocenters. The van der Waals surface area contributed by atoms with Crippen molar-refractivity contribution in [2.75, 3.05) is 0 Å². The molecule has 178 valence electrons. The number of benzene rings is 3. The molecule has 0 N–H and O–H groups in total. The van der Waals surface area contributed by atoms with E-state index in [-0.39, 0.29) is 0 Å². The number of nitrogens with zero attached hydrogens (tertiary/aromatic N) is 8. The number of nitriles is 1. The van der Waals surface area contributed by atoms with Gasteiger partial charge in [-0.1, -0.05) is 18.2 Å². The Hall–Kier alpha value is -5.03. The number of para-hydroxylation sites is 1. The van der Waals surface area contributed by atoms with Gasteiger partial charge in [-0.25, -0.2) is 29.9 Å². The summed E-state index contributed by atoms with van der Waals surface area (Å²) in [5, 5.41) is 11.6. The highest BCUT2D eigenvalue weighted by atomic mass is 15.0. The maximum absolute atomic E-state index is 9.52. The monoisotopic (exact) mass is 482 g/mol. The standard InChI is InChI=1S/C29H22N8/c1-16-31-17(2)34-28(33-16)21-10-12-27(24(14-21)29-35-18(3)32-19(4)36-29)37-25-8-6-5-7-22(25)23-13-20(15-30)9-11-26(23)37/h5-14H,1-4H3. The van der Waals surface area contributed by atoms with Gasteiger partial charge in [0.15, 0.2) is 11.6 Å². The fourth-order valence-electron chi connectivity index (χ4n) is 4.83. The van der Waals surface area contributed by atoms with Crippen LogP contribution in [0.1, 0.15) is 28.9 Å². The van der Waals surface area contributed by atoms with Gasteiger partial charge in [-0.05, 0) is 70.2 Å². The van der Waals surface area contributed by atoms with E-state index in [9.17, 15) is 5.26 Å². The molecule has 3 aromatic carbocycles. The van der Waals surface area contributed by atoms with Crippen molar-refractivity contribution in [3.05, 3.63) is 89.5 Å². The van der Waals surface area contributed by atoms with Crippen LogP contribution in [0.5, 0.6) is 0 Å². The van der Waals surface area contributed by atoms with Gasteiger partial charge in [0.1, 0.15) is 23.3 Å². The molecule has 0 aliphatic heterocycles. The Labute approximate surface area is 213 Å². The number of hydrogen-bond acceptors (Lipinski definition) is 7. The lowest BCUT2D eigenvalue weighted by Gasteiger charge is -2.15. The molecular weight excluding hydrogens is 460 g/mol. The van der Waals surface area contributed by atoms with Crippen molar-refractivity contribution in [2.24, 2.45) is 0 Å². The van der Waals surface area contributed by atoms with Gasteiger partial charge in [-0.15, -0.1) is 0 Å². The SMILES string of the molecule is Cc1nc(C)nc(-c2ccc(-n3c4ccccc4c4cc(C#N)ccc43)c(-c3nc(C)nc(C)n3)c2)n1. The van der Waals surface area contributed by atoms with E-state index in [4.69, 9.17) is 9.97 Å².